The maximum absolute atomic E-state index is 11.3. The molecule has 1 aromatic rings. The second-order valence-corrected chi connectivity index (χ2v) is 3.95. The van der Waals surface area contributed by atoms with Crippen LogP contribution in [0, 0.1) is 14.9 Å². The van der Waals surface area contributed by atoms with Gasteiger partial charge >= 0.3 is 0 Å². The lowest BCUT2D eigenvalue weighted by Crippen LogP contribution is -2.03. The Balaban J connectivity index is 3.30. The van der Waals surface area contributed by atoms with Crippen molar-refractivity contribution in [3.8, 4) is 11.8 Å². The summed E-state index contributed by atoms with van der Waals surface area (Å²) in [6, 6.07) is 4.54. The minimum atomic E-state index is -0.268. The molecule has 0 unspecified atom stereocenters. The maximum atomic E-state index is 11.3. The zero-order valence-electron chi connectivity index (χ0n) is 6.92. The van der Waals surface area contributed by atoms with Crippen molar-refractivity contribution >= 4 is 40.0 Å². The van der Waals surface area contributed by atoms with Gasteiger partial charge < -0.3 is 5.11 Å². The molecule has 0 aliphatic rings. The highest BCUT2D eigenvalue weighted by molar-refractivity contribution is 14.1. The topological polar surface area (TPSA) is 61.1 Å². The Hall–Kier alpha value is -0.800. The van der Waals surface area contributed by atoms with Crippen molar-refractivity contribution < 1.29 is 9.90 Å². The van der Waals surface area contributed by atoms with E-state index in [2.05, 4.69) is 0 Å². The van der Waals surface area contributed by atoms with Gasteiger partial charge in [-0.25, -0.2) is 0 Å². The third kappa shape index (κ3) is 2.16. The third-order valence-electron chi connectivity index (χ3n) is 1.63. The van der Waals surface area contributed by atoms with Crippen LogP contribution in [0.3, 0.4) is 0 Å². The Morgan fingerprint density at radius 2 is 2.29 bits per heavy atom. The molecule has 1 rings (SSSR count). The summed E-state index contributed by atoms with van der Waals surface area (Å²) in [5, 5.41) is 17.9. The quantitative estimate of drug-likeness (QED) is 0.516. The highest BCUT2D eigenvalue weighted by Crippen LogP contribution is 2.23. The monoisotopic (exact) mass is 321 g/mol. The Bertz CT molecular complexity index is 426. The molecule has 0 radical (unpaired) electrons. The van der Waals surface area contributed by atoms with Gasteiger partial charge in [-0.15, -0.1) is 11.6 Å². The number of hydrogen-bond donors (Lipinski definition) is 1. The highest BCUT2D eigenvalue weighted by Gasteiger charge is 2.12. The van der Waals surface area contributed by atoms with Gasteiger partial charge in [0.2, 0.25) is 0 Å². The van der Waals surface area contributed by atoms with Crippen LogP contribution < -0.4 is 0 Å². The number of ketones is 1. The number of hydrogen-bond acceptors (Lipinski definition) is 3. The predicted molar refractivity (Wildman–Crippen MR) is 60.6 cm³/mol. The van der Waals surface area contributed by atoms with Crippen LogP contribution in [-0.4, -0.2) is 16.8 Å². The van der Waals surface area contributed by atoms with E-state index in [0.29, 0.717) is 9.13 Å². The minimum Gasteiger partial charge on any atom is -0.507 e. The minimum absolute atomic E-state index is 0.138. The summed E-state index contributed by atoms with van der Waals surface area (Å²) in [5.41, 5.74) is 0.498. The molecule has 0 bridgehead atoms. The van der Waals surface area contributed by atoms with Crippen molar-refractivity contribution in [3.63, 3.8) is 0 Å². The van der Waals surface area contributed by atoms with Gasteiger partial charge in [0.25, 0.3) is 0 Å². The number of benzene rings is 1. The number of Topliss-reactive ketones (excluding diaryl/α,β-unsaturated/α-hetero) is 1. The fourth-order valence-corrected chi connectivity index (χ4v) is 1.85. The van der Waals surface area contributed by atoms with Crippen LogP contribution in [0.1, 0.15) is 15.9 Å². The SMILES string of the molecule is N#Cc1cc(I)c(C(=O)CCl)cc1O. The van der Waals surface area contributed by atoms with E-state index in [0.717, 1.165) is 0 Å². The van der Waals surface area contributed by atoms with Crippen molar-refractivity contribution in [2.75, 3.05) is 5.88 Å². The Morgan fingerprint density at radius 1 is 1.64 bits per heavy atom. The molecule has 1 aromatic carbocycles. The molecule has 72 valence electrons. The smallest absolute Gasteiger partial charge is 0.178 e. The van der Waals surface area contributed by atoms with E-state index < -0.39 is 0 Å². The van der Waals surface area contributed by atoms with E-state index in [1.54, 1.807) is 0 Å². The van der Waals surface area contributed by atoms with Crippen LogP contribution in [0.4, 0.5) is 0 Å². The zero-order chi connectivity index (χ0) is 10.7. The lowest BCUT2D eigenvalue weighted by Gasteiger charge is -2.03. The molecule has 0 spiro atoms. The zero-order valence-corrected chi connectivity index (χ0v) is 9.83. The first kappa shape index (κ1) is 11.3. The predicted octanol–water partition coefficient (Wildman–Crippen LogP) is 2.29. The molecule has 0 fully saturated rings. The standard InChI is InChI=1S/C9H5ClINO2/c10-3-9(14)6-2-8(13)5(4-12)1-7(6)11/h1-2,13H,3H2. The van der Waals surface area contributed by atoms with Gasteiger partial charge in [-0.3, -0.25) is 4.79 Å². The first-order valence-electron chi connectivity index (χ1n) is 3.62. The summed E-state index contributed by atoms with van der Waals surface area (Å²) in [4.78, 5) is 11.3. The summed E-state index contributed by atoms with van der Waals surface area (Å²) >= 11 is 7.31. The molecule has 0 atom stereocenters. The summed E-state index contributed by atoms with van der Waals surface area (Å²) < 4.78 is 0.614. The molecular weight excluding hydrogens is 316 g/mol. The van der Waals surface area contributed by atoms with Crippen molar-refractivity contribution in [1.82, 2.24) is 0 Å². The Morgan fingerprint density at radius 3 is 2.79 bits per heavy atom. The van der Waals surface area contributed by atoms with Crippen molar-refractivity contribution in [2.45, 2.75) is 0 Å². The van der Waals surface area contributed by atoms with Crippen molar-refractivity contribution in [3.05, 3.63) is 26.8 Å². The molecule has 3 nitrogen and oxygen atoms in total. The van der Waals surface area contributed by atoms with Gasteiger partial charge in [0, 0.05) is 9.13 Å². The molecule has 0 heterocycles. The van der Waals surface area contributed by atoms with E-state index in [4.69, 9.17) is 16.9 Å². The lowest BCUT2D eigenvalue weighted by atomic mass is 10.1. The molecule has 5 heteroatoms. The van der Waals surface area contributed by atoms with Gasteiger partial charge in [0.05, 0.1) is 11.4 Å². The van der Waals surface area contributed by atoms with E-state index in [-0.39, 0.29) is 23.0 Å². The van der Waals surface area contributed by atoms with Crippen LogP contribution in [0.25, 0.3) is 0 Å². The molecule has 0 amide bonds. The number of nitriles is 1. The molecular formula is C9H5ClINO2. The molecule has 0 aliphatic carbocycles. The van der Waals surface area contributed by atoms with Crippen LogP contribution in [0.2, 0.25) is 0 Å². The van der Waals surface area contributed by atoms with Gasteiger partial charge in [-0.05, 0) is 34.7 Å². The van der Waals surface area contributed by atoms with Gasteiger partial charge in [0.15, 0.2) is 5.78 Å². The number of nitrogens with zero attached hydrogens (tertiary/aromatic N) is 1. The first-order chi connectivity index (χ1) is 6.60. The van der Waals surface area contributed by atoms with E-state index in [1.807, 2.05) is 28.7 Å². The van der Waals surface area contributed by atoms with Crippen molar-refractivity contribution in [1.29, 1.82) is 5.26 Å². The number of halogens is 2. The van der Waals surface area contributed by atoms with Gasteiger partial charge in [0.1, 0.15) is 11.8 Å². The van der Waals surface area contributed by atoms with E-state index in [1.165, 1.54) is 12.1 Å². The second kappa shape index (κ2) is 4.62. The average molecular weight is 322 g/mol. The molecule has 0 aliphatic heterocycles. The van der Waals surface area contributed by atoms with Crippen LogP contribution >= 0.6 is 34.2 Å². The van der Waals surface area contributed by atoms with E-state index >= 15 is 0 Å². The third-order valence-corrected chi connectivity index (χ3v) is 2.76. The molecule has 14 heavy (non-hydrogen) atoms. The normalized spacial score (nSPS) is 9.50. The summed E-state index contributed by atoms with van der Waals surface area (Å²) in [7, 11) is 0. The Labute approximate surface area is 99.4 Å². The molecule has 0 saturated carbocycles. The molecule has 1 N–H and O–H groups in total. The van der Waals surface area contributed by atoms with Crippen LogP contribution in [0.15, 0.2) is 12.1 Å². The largest absolute Gasteiger partial charge is 0.507 e. The van der Waals surface area contributed by atoms with Gasteiger partial charge in [-0.2, -0.15) is 5.26 Å². The van der Waals surface area contributed by atoms with Gasteiger partial charge in [-0.1, -0.05) is 0 Å². The second-order valence-electron chi connectivity index (χ2n) is 2.52. The fourth-order valence-electron chi connectivity index (χ4n) is 0.937. The summed E-state index contributed by atoms with van der Waals surface area (Å²) in [6.45, 7) is 0. The van der Waals surface area contributed by atoms with Crippen LogP contribution in [0.5, 0.6) is 5.75 Å². The highest BCUT2D eigenvalue weighted by atomic mass is 127. The summed E-state index contributed by atoms with van der Waals surface area (Å²) in [6.07, 6.45) is 0. The number of carbonyl (C=O) groups is 1. The Kier molecular flexibility index (Phi) is 3.72. The fraction of sp³-hybridized carbons (Fsp3) is 0.111. The number of carbonyl (C=O) groups excluding carboxylic acids is 1. The molecule has 0 aromatic heterocycles. The summed E-state index contributed by atoms with van der Waals surface area (Å²) in [5.74, 6) is -0.598. The lowest BCUT2D eigenvalue weighted by molar-refractivity contribution is 0.102. The van der Waals surface area contributed by atoms with Crippen molar-refractivity contribution in [2.24, 2.45) is 0 Å². The number of alkyl halides is 1. The number of rotatable bonds is 2. The van der Waals surface area contributed by atoms with Crippen LogP contribution in [-0.2, 0) is 0 Å². The average Bonchev–Trinajstić information content (AvgIpc) is 2.19. The number of phenols is 1. The molecule has 0 saturated heterocycles. The number of aromatic hydroxyl groups is 1. The first-order valence-corrected chi connectivity index (χ1v) is 5.23. The van der Waals surface area contributed by atoms with E-state index in [9.17, 15) is 9.90 Å². The number of phenolic OH excluding ortho intramolecular Hbond substituents is 1. The maximum Gasteiger partial charge on any atom is 0.178 e.